The molecule has 6 heteroatoms. The topological polar surface area (TPSA) is 38.5 Å². The molecule has 2 N–H and O–H groups in total. The predicted molar refractivity (Wildman–Crippen MR) is 67.8 cm³/mol. The van der Waals surface area contributed by atoms with Gasteiger partial charge in [0, 0.05) is 11.6 Å². The van der Waals surface area contributed by atoms with Crippen LogP contribution in [0.3, 0.4) is 0 Å². The van der Waals surface area contributed by atoms with Crippen LogP contribution in [0, 0.1) is 0 Å². The minimum Gasteiger partial charge on any atom is -0.406 e. The average Bonchev–Trinajstić information content (AvgIpc) is 2.25. The van der Waals surface area contributed by atoms with Gasteiger partial charge >= 0.3 is 6.36 Å². The lowest BCUT2D eigenvalue weighted by atomic mass is 9.88. The monoisotopic (exact) mass is 276 g/mol. The van der Waals surface area contributed by atoms with Gasteiger partial charge in [-0.3, -0.25) is 0 Å². The fourth-order valence-electron chi connectivity index (χ4n) is 1.59. The van der Waals surface area contributed by atoms with Gasteiger partial charge in [-0.25, -0.2) is 0 Å². The summed E-state index contributed by atoms with van der Waals surface area (Å²) in [4.78, 5) is 1.93. The Hall–Kier alpha value is -1.27. The maximum Gasteiger partial charge on any atom is 0.573 e. The Kier molecular flexibility index (Phi) is 4.47. The zero-order valence-corrected chi connectivity index (χ0v) is 11.5. The molecule has 19 heavy (non-hydrogen) atoms. The van der Waals surface area contributed by atoms with Crippen molar-refractivity contribution >= 4 is 0 Å². The Morgan fingerprint density at radius 3 is 2.26 bits per heavy atom. The molecular weight excluding hydrogens is 257 g/mol. The first-order valence-corrected chi connectivity index (χ1v) is 5.83. The third kappa shape index (κ3) is 4.11. The van der Waals surface area contributed by atoms with Gasteiger partial charge in [0.05, 0.1) is 0 Å². The molecule has 0 heterocycles. The van der Waals surface area contributed by atoms with Crippen LogP contribution in [0.25, 0.3) is 0 Å². The minimum absolute atomic E-state index is 0.255. The molecule has 1 aromatic rings. The molecular formula is C13H19F3N2O. The number of benzene rings is 1. The van der Waals surface area contributed by atoms with Crippen LogP contribution in [-0.4, -0.2) is 30.9 Å². The highest BCUT2D eigenvalue weighted by Gasteiger charge is 2.33. The van der Waals surface area contributed by atoms with E-state index in [1.165, 1.54) is 18.2 Å². The molecule has 0 aromatic heterocycles. The molecule has 0 spiro atoms. The van der Waals surface area contributed by atoms with Crippen LogP contribution in [0.5, 0.6) is 5.75 Å². The highest BCUT2D eigenvalue weighted by molar-refractivity contribution is 5.32. The number of hydrogen-bond acceptors (Lipinski definition) is 3. The third-order valence-electron chi connectivity index (χ3n) is 3.36. The van der Waals surface area contributed by atoms with Gasteiger partial charge in [0.25, 0.3) is 0 Å². The Morgan fingerprint density at radius 1 is 1.21 bits per heavy atom. The van der Waals surface area contributed by atoms with E-state index in [-0.39, 0.29) is 5.75 Å². The predicted octanol–water partition coefficient (Wildman–Crippen LogP) is 2.93. The Balaban J connectivity index is 2.99. The van der Waals surface area contributed by atoms with Crippen molar-refractivity contribution in [1.82, 2.24) is 4.90 Å². The Bertz CT molecular complexity index is 430. The third-order valence-corrected chi connectivity index (χ3v) is 3.36. The molecule has 1 unspecified atom stereocenters. The standard InChI is InChI=1S/C13H19F3N2O/c1-12(2,18(3)4)11(17)9-6-5-7-10(8-9)19-13(14,15)16/h5-8,11H,17H2,1-4H3. The van der Waals surface area contributed by atoms with Gasteiger partial charge in [-0.05, 0) is 45.6 Å². The van der Waals surface area contributed by atoms with Crippen molar-refractivity contribution in [3.63, 3.8) is 0 Å². The van der Waals surface area contributed by atoms with Gasteiger partial charge in [0.1, 0.15) is 5.75 Å². The maximum absolute atomic E-state index is 12.2. The lowest BCUT2D eigenvalue weighted by Crippen LogP contribution is -2.47. The molecule has 0 saturated heterocycles. The number of halogens is 3. The van der Waals surface area contributed by atoms with Crippen LogP contribution in [0.4, 0.5) is 13.2 Å². The lowest BCUT2D eigenvalue weighted by molar-refractivity contribution is -0.274. The Morgan fingerprint density at radius 2 is 1.79 bits per heavy atom. The van der Waals surface area contributed by atoms with E-state index in [1.54, 1.807) is 6.07 Å². The first kappa shape index (κ1) is 15.8. The van der Waals surface area contributed by atoms with E-state index in [0.717, 1.165) is 0 Å². The van der Waals surface area contributed by atoms with E-state index in [0.29, 0.717) is 5.56 Å². The van der Waals surface area contributed by atoms with E-state index in [1.807, 2.05) is 32.8 Å². The van der Waals surface area contributed by atoms with Gasteiger partial charge in [0.2, 0.25) is 0 Å². The fraction of sp³-hybridized carbons (Fsp3) is 0.538. The second-order valence-corrected chi connectivity index (χ2v) is 5.15. The minimum atomic E-state index is -4.69. The number of rotatable bonds is 4. The number of likely N-dealkylation sites (N-methyl/N-ethyl adjacent to an activating group) is 1. The van der Waals surface area contributed by atoms with Crippen molar-refractivity contribution in [2.24, 2.45) is 5.73 Å². The fourth-order valence-corrected chi connectivity index (χ4v) is 1.59. The van der Waals surface area contributed by atoms with Gasteiger partial charge in [-0.15, -0.1) is 13.2 Å². The molecule has 0 bridgehead atoms. The van der Waals surface area contributed by atoms with Crippen molar-refractivity contribution in [2.45, 2.75) is 31.8 Å². The summed E-state index contributed by atoms with van der Waals surface area (Å²) in [5.74, 6) is -0.255. The first-order valence-electron chi connectivity index (χ1n) is 5.83. The van der Waals surface area contributed by atoms with Crippen molar-refractivity contribution in [2.75, 3.05) is 14.1 Å². The number of hydrogen-bond donors (Lipinski definition) is 1. The second-order valence-electron chi connectivity index (χ2n) is 5.15. The van der Waals surface area contributed by atoms with Crippen LogP contribution in [0.1, 0.15) is 25.5 Å². The van der Waals surface area contributed by atoms with Crippen molar-refractivity contribution in [3.8, 4) is 5.75 Å². The molecule has 3 nitrogen and oxygen atoms in total. The van der Waals surface area contributed by atoms with Crippen LogP contribution >= 0.6 is 0 Å². The molecule has 108 valence electrons. The zero-order chi connectivity index (χ0) is 14.8. The number of ether oxygens (including phenoxy) is 1. The average molecular weight is 276 g/mol. The molecule has 0 radical (unpaired) electrons. The van der Waals surface area contributed by atoms with Crippen LogP contribution < -0.4 is 10.5 Å². The second kappa shape index (κ2) is 5.38. The molecule has 0 fully saturated rings. The molecule has 1 rings (SSSR count). The van der Waals surface area contributed by atoms with Crippen LogP contribution in [0.15, 0.2) is 24.3 Å². The summed E-state index contributed by atoms with van der Waals surface area (Å²) in [6, 6.07) is 5.34. The van der Waals surface area contributed by atoms with Crippen molar-refractivity contribution in [1.29, 1.82) is 0 Å². The SMILES string of the molecule is CN(C)C(C)(C)C(N)c1cccc(OC(F)(F)F)c1. The van der Waals surface area contributed by atoms with Crippen molar-refractivity contribution < 1.29 is 17.9 Å². The quantitative estimate of drug-likeness (QED) is 0.919. The molecule has 0 amide bonds. The smallest absolute Gasteiger partial charge is 0.406 e. The molecule has 1 atom stereocenters. The van der Waals surface area contributed by atoms with E-state index in [9.17, 15) is 13.2 Å². The molecule has 0 aliphatic rings. The maximum atomic E-state index is 12.2. The Labute approximate surface area is 111 Å². The lowest BCUT2D eigenvalue weighted by Gasteiger charge is -2.38. The first-order chi connectivity index (χ1) is 8.54. The normalized spacial score (nSPS) is 14.6. The highest BCUT2D eigenvalue weighted by Crippen LogP contribution is 2.30. The van der Waals surface area contributed by atoms with Gasteiger partial charge < -0.3 is 15.4 Å². The summed E-state index contributed by atoms with van der Waals surface area (Å²) in [5.41, 5.74) is 6.33. The van der Waals surface area contributed by atoms with Gasteiger partial charge in [0.15, 0.2) is 0 Å². The van der Waals surface area contributed by atoms with E-state index in [4.69, 9.17) is 5.73 Å². The summed E-state index contributed by atoms with van der Waals surface area (Å²) < 4.78 is 40.4. The summed E-state index contributed by atoms with van der Waals surface area (Å²) in [7, 11) is 3.74. The number of nitrogens with two attached hydrogens (primary N) is 1. The molecule has 0 aliphatic carbocycles. The van der Waals surface area contributed by atoms with Crippen molar-refractivity contribution in [3.05, 3.63) is 29.8 Å². The van der Waals surface area contributed by atoms with Crippen LogP contribution in [-0.2, 0) is 0 Å². The van der Waals surface area contributed by atoms with E-state index >= 15 is 0 Å². The zero-order valence-electron chi connectivity index (χ0n) is 11.5. The van der Waals surface area contributed by atoms with E-state index < -0.39 is 17.9 Å². The summed E-state index contributed by atoms with van der Waals surface area (Å²) >= 11 is 0. The molecule has 0 aliphatic heterocycles. The summed E-state index contributed by atoms with van der Waals surface area (Å²) in [6.07, 6.45) is -4.69. The number of alkyl halides is 3. The number of nitrogens with zero attached hydrogens (tertiary/aromatic N) is 1. The van der Waals surface area contributed by atoms with E-state index in [2.05, 4.69) is 4.74 Å². The van der Waals surface area contributed by atoms with Crippen LogP contribution in [0.2, 0.25) is 0 Å². The largest absolute Gasteiger partial charge is 0.573 e. The molecule has 1 aromatic carbocycles. The van der Waals surface area contributed by atoms with Gasteiger partial charge in [-0.1, -0.05) is 12.1 Å². The summed E-state index contributed by atoms with van der Waals surface area (Å²) in [6.45, 7) is 3.85. The molecule has 0 saturated carbocycles. The summed E-state index contributed by atoms with van der Waals surface area (Å²) in [5, 5.41) is 0. The van der Waals surface area contributed by atoms with Gasteiger partial charge in [-0.2, -0.15) is 0 Å². The highest BCUT2D eigenvalue weighted by atomic mass is 19.4.